The minimum Gasteiger partial charge on any atom is -0.464 e. The van der Waals surface area contributed by atoms with Crippen molar-refractivity contribution in [1.29, 1.82) is 0 Å². The van der Waals surface area contributed by atoms with E-state index in [0.29, 0.717) is 31.1 Å². The molecule has 0 unspecified atom stereocenters. The summed E-state index contributed by atoms with van der Waals surface area (Å²) in [6.45, 7) is 5.79. The molecule has 0 aliphatic carbocycles. The molecule has 0 radical (unpaired) electrons. The SMILES string of the molecule is CCNc1nc(NCc2sccc2Br)nc(OCC)n1. The third kappa shape index (κ3) is 4.04. The molecule has 2 N–H and O–H groups in total. The Kier molecular flexibility index (Phi) is 5.54. The molecule has 8 heteroatoms. The first-order chi connectivity index (χ1) is 9.72. The number of hydrogen-bond donors (Lipinski definition) is 2. The van der Waals surface area contributed by atoms with Crippen molar-refractivity contribution < 1.29 is 4.74 Å². The molecule has 0 aliphatic heterocycles. The molecule has 108 valence electrons. The van der Waals surface area contributed by atoms with E-state index in [1.807, 2.05) is 25.3 Å². The highest BCUT2D eigenvalue weighted by molar-refractivity contribution is 9.10. The summed E-state index contributed by atoms with van der Waals surface area (Å²) in [4.78, 5) is 13.9. The average molecular weight is 358 g/mol. The number of anilines is 2. The molecular weight excluding hydrogens is 342 g/mol. The number of halogens is 1. The molecule has 2 aromatic heterocycles. The summed E-state index contributed by atoms with van der Waals surface area (Å²) >= 11 is 5.17. The molecule has 20 heavy (non-hydrogen) atoms. The Bertz CT molecular complexity index is 538. The number of hydrogen-bond acceptors (Lipinski definition) is 7. The largest absolute Gasteiger partial charge is 0.464 e. The third-order valence-electron chi connectivity index (χ3n) is 2.32. The van der Waals surface area contributed by atoms with Gasteiger partial charge in [-0.05, 0) is 41.2 Å². The van der Waals surface area contributed by atoms with Crippen LogP contribution in [0.5, 0.6) is 6.01 Å². The fourth-order valence-electron chi connectivity index (χ4n) is 1.48. The van der Waals surface area contributed by atoms with Gasteiger partial charge >= 0.3 is 6.01 Å². The van der Waals surface area contributed by atoms with E-state index >= 15 is 0 Å². The fourth-order valence-corrected chi connectivity index (χ4v) is 2.91. The molecule has 6 nitrogen and oxygen atoms in total. The van der Waals surface area contributed by atoms with Gasteiger partial charge in [-0.3, -0.25) is 0 Å². The van der Waals surface area contributed by atoms with Crippen LogP contribution in [0.3, 0.4) is 0 Å². The number of nitrogens with zero attached hydrogens (tertiary/aromatic N) is 3. The Morgan fingerprint density at radius 1 is 1.20 bits per heavy atom. The van der Waals surface area contributed by atoms with Crippen molar-refractivity contribution in [1.82, 2.24) is 15.0 Å². The summed E-state index contributed by atoms with van der Waals surface area (Å²) in [5.74, 6) is 1.01. The Labute approximate surface area is 130 Å². The van der Waals surface area contributed by atoms with E-state index in [9.17, 15) is 0 Å². The molecule has 0 amide bonds. The second-order valence-electron chi connectivity index (χ2n) is 3.77. The number of aromatic nitrogens is 3. The Hall–Kier alpha value is -1.41. The maximum atomic E-state index is 5.35. The molecule has 0 spiro atoms. The van der Waals surface area contributed by atoms with Gasteiger partial charge < -0.3 is 15.4 Å². The third-order valence-corrected chi connectivity index (χ3v) is 4.25. The Morgan fingerprint density at radius 3 is 2.55 bits per heavy atom. The molecule has 0 bridgehead atoms. The van der Waals surface area contributed by atoms with E-state index in [2.05, 4.69) is 41.5 Å². The number of thiophene rings is 1. The van der Waals surface area contributed by atoms with Crippen molar-refractivity contribution in [2.75, 3.05) is 23.8 Å². The van der Waals surface area contributed by atoms with Gasteiger partial charge in [0.05, 0.1) is 13.2 Å². The fraction of sp³-hybridized carbons (Fsp3) is 0.417. The molecule has 0 aromatic carbocycles. The lowest BCUT2D eigenvalue weighted by atomic mass is 10.5. The van der Waals surface area contributed by atoms with Crippen LogP contribution in [0.25, 0.3) is 0 Å². The molecule has 0 fully saturated rings. The van der Waals surface area contributed by atoms with Gasteiger partial charge in [0, 0.05) is 15.9 Å². The monoisotopic (exact) mass is 357 g/mol. The first kappa shape index (κ1) is 15.0. The zero-order valence-electron chi connectivity index (χ0n) is 11.3. The van der Waals surface area contributed by atoms with Crippen molar-refractivity contribution >= 4 is 39.2 Å². The number of ether oxygens (including phenoxy) is 1. The highest BCUT2D eigenvalue weighted by atomic mass is 79.9. The smallest absolute Gasteiger partial charge is 0.323 e. The lowest BCUT2D eigenvalue weighted by molar-refractivity contribution is 0.312. The summed E-state index contributed by atoms with van der Waals surface area (Å²) in [5, 5.41) is 8.28. The van der Waals surface area contributed by atoms with Crippen LogP contribution in [0.1, 0.15) is 18.7 Å². The second kappa shape index (κ2) is 7.39. The topological polar surface area (TPSA) is 72.0 Å². The standard InChI is InChI=1S/C12H16BrN5OS/c1-3-14-10-16-11(18-12(17-10)19-4-2)15-7-9-8(13)5-6-20-9/h5-6H,3-4,7H2,1-2H3,(H2,14,15,16,17,18). The van der Waals surface area contributed by atoms with Crippen LogP contribution in [0.4, 0.5) is 11.9 Å². The highest BCUT2D eigenvalue weighted by Gasteiger charge is 2.08. The molecule has 0 saturated heterocycles. The predicted octanol–water partition coefficient (Wildman–Crippen LogP) is 3.14. The van der Waals surface area contributed by atoms with Gasteiger partial charge in [0.1, 0.15) is 0 Å². The first-order valence-corrected chi connectivity index (χ1v) is 7.98. The van der Waals surface area contributed by atoms with Crippen molar-refractivity contribution in [3.8, 4) is 6.01 Å². The lowest BCUT2D eigenvalue weighted by Crippen LogP contribution is -2.10. The van der Waals surface area contributed by atoms with Crippen molar-refractivity contribution in [3.63, 3.8) is 0 Å². The van der Waals surface area contributed by atoms with Crippen LogP contribution in [-0.2, 0) is 6.54 Å². The van der Waals surface area contributed by atoms with Crippen molar-refractivity contribution in [2.45, 2.75) is 20.4 Å². The minimum absolute atomic E-state index is 0.325. The van der Waals surface area contributed by atoms with Crippen molar-refractivity contribution in [3.05, 3.63) is 20.8 Å². The summed E-state index contributed by atoms with van der Waals surface area (Å²) in [6.07, 6.45) is 0. The molecule has 0 aliphatic rings. The maximum absolute atomic E-state index is 5.35. The molecule has 2 heterocycles. The lowest BCUT2D eigenvalue weighted by Gasteiger charge is -2.09. The van der Waals surface area contributed by atoms with Crippen LogP contribution < -0.4 is 15.4 Å². The van der Waals surface area contributed by atoms with Gasteiger partial charge in [-0.25, -0.2) is 0 Å². The van der Waals surface area contributed by atoms with E-state index in [1.54, 1.807) is 11.3 Å². The molecule has 0 saturated carbocycles. The van der Waals surface area contributed by atoms with Crippen LogP contribution in [0.2, 0.25) is 0 Å². The molecular formula is C12H16BrN5OS. The summed E-state index contributed by atoms with van der Waals surface area (Å²) in [7, 11) is 0. The molecule has 2 rings (SSSR count). The Morgan fingerprint density at radius 2 is 1.95 bits per heavy atom. The van der Waals surface area contributed by atoms with E-state index in [-0.39, 0.29) is 0 Å². The maximum Gasteiger partial charge on any atom is 0.323 e. The molecule has 2 aromatic rings. The van der Waals surface area contributed by atoms with Gasteiger partial charge in [-0.15, -0.1) is 11.3 Å². The zero-order chi connectivity index (χ0) is 14.4. The van der Waals surface area contributed by atoms with Crippen LogP contribution in [-0.4, -0.2) is 28.1 Å². The second-order valence-corrected chi connectivity index (χ2v) is 5.63. The van der Waals surface area contributed by atoms with Crippen LogP contribution >= 0.6 is 27.3 Å². The van der Waals surface area contributed by atoms with Crippen LogP contribution in [0.15, 0.2) is 15.9 Å². The number of nitrogens with one attached hydrogen (secondary N) is 2. The predicted molar refractivity (Wildman–Crippen MR) is 84.5 cm³/mol. The minimum atomic E-state index is 0.325. The summed E-state index contributed by atoms with van der Waals surface area (Å²) in [6, 6.07) is 2.34. The van der Waals surface area contributed by atoms with E-state index in [0.717, 1.165) is 11.0 Å². The highest BCUT2D eigenvalue weighted by Crippen LogP contribution is 2.23. The summed E-state index contributed by atoms with van der Waals surface area (Å²) < 4.78 is 6.43. The zero-order valence-corrected chi connectivity index (χ0v) is 13.7. The van der Waals surface area contributed by atoms with Gasteiger partial charge in [0.25, 0.3) is 0 Å². The van der Waals surface area contributed by atoms with E-state index in [1.165, 1.54) is 4.88 Å². The van der Waals surface area contributed by atoms with E-state index in [4.69, 9.17) is 4.74 Å². The van der Waals surface area contributed by atoms with E-state index < -0.39 is 0 Å². The van der Waals surface area contributed by atoms with Gasteiger partial charge in [-0.2, -0.15) is 15.0 Å². The van der Waals surface area contributed by atoms with Gasteiger partial charge in [0.2, 0.25) is 11.9 Å². The Balaban J connectivity index is 2.11. The van der Waals surface area contributed by atoms with Crippen molar-refractivity contribution in [2.24, 2.45) is 0 Å². The number of rotatable bonds is 7. The molecule has 0 atom stereocenters. The van der Waals surface area contributed by atoms with Gasteiger partial charge in [-0.1, -0.05) is 0 Å². The quantitative estimate of drug-likeness (QED) is 0.792. The normalized spacial score (nSPS) is 10.3. The average Bonchev–Trinajstić information content (AvgIpc) is 2.83. The van der Waals surface area contributed by atoms with Crippen LogP contribution in [0, 0.1) is 0 Å². The first-order valence-electron chi connectivity index (χ1n) is 6.31. The van der Waals surface area contributed by atoms with Gasteiger partial charge in [0.15, 0.2) is 0 Å². The summed E-state index contributed by atoms with van der Waals surface area (Å²) in [5.41, 5.74) is 0.